The van der Waals surface area contributed by atoms with Gasteiger partial charge in [0, 0.05) is 0 Å². The zero-order valence-electron chi connectivity index (χ0n) is 4.79. The number of oxazole rings is 1. The predicted octanol–water partition coefficient (Wildman–Crippen LogP) is 0.720. The monoisotopic (exact) mass is 122 g/mol. The molecule has 0 aliphatic rings. The van der Waals surface area contributed by atoms with Crippen LogP contribution in [0.1, 0.15) is 0 Å². The van der Waals surface area contributed by atoms with Gasteiger partial charge in [0.05, 0.1) is 12.7 Å². The zero-order chi connectivity index (χ0) is 6.53. The Bertz CT molecular complexity index is 197. The van der Waals surface area contributed by atoms with Crippen molar-refractivity contribution >= 4 is 6.01 Å². The van der Waals surface area contributed by atoms with E-state index in [4.69, 9.17) is 10.8 Å². The van der Waals surface area contributed by atoms with Crippen molar-refractivity contribution in [3.8, 4) is 12.3 Å². The van der Waals surface area contributed by atoms with Crippen LogP contribution >= 0.6 is 0 Å². The van der Waals surface area contributed by atoms with E-state index in [9.17, 15) is 0 Å². The molecule has 0 aromatic carbocycles. The van der Waals surface area contributed by atoms with Crippen LogP contribution in [-0.4, -0.2) is 11.5 Å². The molecule has 0 bridgehead atoms. The van der Waals surface area contributed by atoms with Gasteiger partial charge >= 0.3 is 0 Å². The molecule has 1 rings (SSSR count). The average Bonchev–Trinajstić information content (AvgIpc) is 2.34. The molecule has 0 radical (unpaired) electrons. The minimum Gasteiger partial charge on any atom is -0.432 e. The zero-order valence-corrected chi connectivity index (χ0v) is 4.79. The minimum atomic E-state index is 0.445. The third-order valence-electron chi connectivity index (χ3n) is 0.774. The van der Waals surface area contributed by atoms with Crippen molar-refractivity contribution in [3.05, 3.63) is 12.5 Å². The molecular formula is C6H6N2O. The second-order valence-electron chi connectivity index (χ2n) is 1.39. The Labute approximate surface area is 53.1 Å². The molecule has 0 aliphatic heterocycles. The summed E-state index contributed by atoms with van der Waals surface area (Å²) in [6.07, 6.45) is 8.00. The fourth-order valence-corrected chi connectivity index (χ4v) is 0.437. The van der Waals surface area contributed by atoms with Crippen LogP contribution < -0.4 is 5.32 Å². The van der Waals surface area contributed by atoms with Crippen LogP contribution in [0.3, 0.4) is 0 Å². The average molecular weight is 122 g/mol. The lowest BCUT2D eigenvalue weighted by Crippen LogP contribution is -1.97. The van der Waals surface area contributed by atoms with Gasteiger partial charge in [0.25, 0.3) is 6.01 Å². The Hall–Kier alpha value is -1.43. The van der Waals surface area contributed by atoms with E-state index >= 15 is 0 Å². The molecule has 1 aromatic heterocycles. The molecular weight excluding hydrogens is 116 g/mol. The normalized spacial score (nSPS) is 8.33. The third-order valence-corrected chi connectivity index (χ3v) is 0.774. The molecule has 0 saturated heterocycles. The van der Waals surface area contributed by atoms with Crippen LogP contribution in [0.4, 0.5) is 6.01 Å². The van der Waals surface area contributed by atoms with E-state index in [0.29, 0.717) is 12.6 Å². The van der Waals surface area contributed by atoms with Crippen LogP contribution in [0.2, 0.25) is 0 Å². The van der Waals surface area contributed by atoms with Gasteiger partial charge in [-0.1, -0.05) is 5.92 Å². The van der Waals surface area contributed by atoms with Crippen LogP contribution in [0.15, 0.2) is 16.9 Å². The largest absolute Gasteiger partial charge is 0.432 e. The SMILES string of the molecule is C#CCNc1ncco1. The molecule has 0 atom stereocenters. The summed E-state index contributed by atoms with van der Waals surface area (Å²) in [6.45, 7) is 0.445. The lowest BCUT2D eigenvalue weighted by molar-refractivity contribution is 0.574. The molecule has 0 unspecified atom stereocenters. The topological polar surface area (TPSA) is 38.1 Å². The van der Waals surface area contributed by atoms with Gasteiger partial charge in [0.1, 0.15) is 6.26 Å². The van der Waals surface area contributed by atoms with Crippen molar-refractivity contribution in [2.75, 3.05) is 11.9 Å². The van der Waals surface area contributed by atoms with Crippen molar-refractivity contribution in [3.63, 3.8) is 0 Å². The van der Waals surface area contributed by atoms with Crippen molar-refractivity contribution in [1.29, 1.82) is 0 Å². The highest BCUT2D eigenvalue weighted by molar-refractivity contribution is 5.20. The first-order valence-corrected chi connectivity index (χ1v) is 2.50. The molecule has 1 aromatic rings. The Kier molecular flexibility index (Phi) is 1.76. The van der Waals surface area contributed by atoms with Gasteiger partial charge in [0.2, 0.25) is 0 Å². The molecule has 9 heavy (non-hydrogen) atoms. The second-order valence-corrected chi connectivity index (χ2v) is 1.39. The highest BCUT2D eigenvalue weighted by atomic mass is 16.4. The number of anilines is 1. The van der Waals surface area contributed by atoms with E-state index in [2.05, 4.69) is 16.2 Å². The van der Waals surface area contributed by atoms with E-state index in [-0.39, 0.29) is 0 Å². The molecule has 3 heteroatoms. The van der Waals surface area contributed by atoms with Gasteiger partial charge in [-0.3, -0.25) is 0 Å². The summed E-state index contributed by atoms with van der Waals surface area (Å²) in [6, 6.07) is 0.466. The maximum Gasteiger partial charge on any atom is 0.295 e. The Balaban J connectivity index is 2.41. The summed E-state index contributed by atoms with van der Waals surface area (Å²) in [7, 11) is 0. The standard InChI is InChI=1S/C6H6N2O/c1-2-3-7-6-8-4-5-9-6/h1,4-5H,3H2,(H,7,8). The summed E-state index contributed by atoms with van der Waals surface area (Å²) in [5.41, 5.74) is 0. The van der Waals surface area contributed by atoms with Crippen LogP contribution in [0, 0.1) is 12.3 Å². The molecule has 1 N–H and O–H groups in total. The number of aromatic nitrogens is 1. The minimum absolute atomic E-state index is 0.445. The van der Waals surface area contributed by atoms with Gasteiger partial charge in [0.15, 0.2) is 0 Å². The third kappa shape index (κ3) is 1.50. The molecule has 0 saturated carbocycles. The van der Waals surface area contributed by atoms with Crippen molar-refractivity contribution < 1.29 is 4.42 Å². The van der Waals surface area contributed by atoms with E-state index in [1.165, 1.54) is 6.26 Å². The maximum absolute atomic E-state index is 4.96. The molecule has 0 amide bonds. The number of rotatable bonds is 2. The Morgan fingerprint density at radius 2 is 2.78 bits per heavy atom. The summed E-state index contributed by atoms with van der Waals surface area (Å²) >= 11 is 0. The van der Waals surface area contributed by atoms with Crippen molar-refractivity contribution in [1.82, 2.24) is 4.98 Å². The Morgan fingerprint density at radius 1 is 1.89 bits per heavy atom. The number of nitrogens with zero attached hydrogens (tertiary/aromatic N) is 1. The van der Waals surface area contributed by atoms with Crippen LogP contribution in [-0.2, 0) is 0 Å². The van der Waals surface area contributed by atoms with E-state index in [0.717, 1.165) is 0 Å². The number of hydrogen-bond acceptors (Lipinski definition) is 3. The summed E-state index contributed by atoms with van der Waals surface area (Å²) in [5.74, 6) is 2.39. The van der Waals surface area contributed by atoms with Crippen molar-refractivity contribution in [2.45, 2.75) is 0 Å². The molecule has 46 valence electrons. The van der Waals surface area contributed by atoms with E-state index in [1.54, 1.807) is 6.20 Å². The number of terminal acetylenes is 1. The first kappa shape index (κ1) is 5.70. The van der Waals surface area contributed by atoms with E-state index < -0.39 is 0 Å². The van der Waals surface area contributed by atoms with E-state index in [1.807, 2.05) is 0 Å². The summed E-state index contributed by atoms with van der Waals surface area (Å²) in [5, 5.41) is 2.76. The van der Waals surface area contributed by atoms with Gasteiger partial charge in [-0.05, 0) is 0 Å². The predicted molar refractivity (Wildman–Crippen MR) is 33.8 cm³/mol. The molecule has 0 fully saturated rings. The van der Waals surface area contributed by atoms with Gasteiger partial charge < -0.3 is 9.73 Å². The Morgan fingerprint density at radius 3 is 3.33 bits per heavy atom. The van der Waals surface area contributed by atoms with Crippen LogP contribution in [0.5, 0.6) is 0 Å². The first-order chi connectivity index (χ1) is 4.43. The van der Waals surface area contributed by atoms with Gasteiger partial charge in [-0.15, -0.1) is 6.42 Å². The number of hydrogen-bond donors (Lipinski definition) is 1. The van der Waals surface area contributed by atoms with Gasteiger partial charge in [-0.2, -0.15) is 0 Å². The molecule has 3 nitrogen and oxygen atoms in total. The van der Waals surface area contributed by atoms with Crippen molar-refractivity contribution in [2.24, 2.45) is 0 Å². The maximum atomic E-state index is 4.96. The molecule has 1 heterocycles. The summed E-state index contributed by atoms with van der Waals surface area (Å²) in [4.78, 5) is 3.78. The highest BCUT2D eigenvalue weighted by Crippen LogP contribution is 1.98. The first-order valence-electron chi connectivity index (χ1n) is 2.50. The van der Waals surface area contributed by atoms with Crippen LogP contribution in [0.25, 0.3) is 0 Å². The quantitative estimate of drug-likeness (QED) is 0.587. The lowest BCUT2D eigenvalue weighted by Gasteiger charge is -1.90. The fraction of sp³-hybridized carbons (Fsp3) is 0.167. The summed E-state index contributed by atoms with van der Waals surface area (Å²) < 4.78 is 4.82. The molecule has 0 aliphatic carbocycles. The lowest BCUT2D eigenvalue weighted by atomic mass is 10.7. The van der Waals surface area contributed by atoms with Gasteiger partial charge in [-0.25, -0.2) is 4.98 Å². The smallest absolute Gasteiger partial charge is 0.295 e. The number of nitrogens with one attached hydrogen (secondary N) is 1. The molecule has 0 spiro atoms. The highest BCUT2D eigenvalue weighted by Gasteiger charge is 1.89. The second kappa shape index (κ2) is 2.78. The fourth-order valence-electron chi connectivity index (χ4n) is 0.437.